The summed E-state index contributed by atoms with van der Waals surface area (Å²) >= 11 is 0. The number of ether oxygens (including phenoxy) is 1. The monoisotopic (exact) mass is 311 g/mol. The lowest BCUT2D eigenvalue weighted by Crippen LogP contribution is -2.07. The molecule has 2 unspecified atom stereocenters. The van der Waals surface area contributed by atoms with Crippen molar-refractivity contribution in [3.8, 4) is 5.75 Å². The third-order valence-electron chi connectivity index (χ3n) is 5.17. The van der Waals surface area contributed by atoms with Crippen molar-refractivity contribution in [3.05, 3.63) is 41.2 Å². The van der Waals surface area contributed by atoms with Crippen LogP contribution in [0.15, 0.2) is 24.4 Å². The molecule has 2 aliphatic rings. The van der Waals surface area contributed by atoms with E-state index in [-0.39, 0.29) is 11.3 Å². The molecule has 2 aromatic rings. The van der Waals surface area contributed by atoms with E-state index in [1.165, 1.54) is 18.1 Å². The van der Waals surface area contributed by atoms with Crippen LogP contribution in [0.25, 0.3) is 0 Å². The Balaban J connectivity index is 1.65. The predicted octanol–water partition coefficient (Wildman–Crippen LogP) is 3.21. The maximum absolute atomic E-state index is 11.2. The van der Waals surface area contributed by atoms with Gasteiger partial charge in [-0.3, -0.25) is 10.1 Å². The fraction of sp³-hybridized carbons (Fsp3) is 0.444. The fourth-order valence-corrected chi connectivity index (χ4v) is 4.06. The highest BCUT2D eigenvalue weighted by Gasteiger charge is 2.60. The Labute approximate surface area is 135 Å². The Morgan fingerprint density at radius 1 is 1.39 bits per heavy atom. The lowest BCUT2D eigenvalue weighted by atomic mass is 9.96. The van der Waals surface area contributed by atoms with Crippen molar-refractivity contribution in [2.24, 2.45) is 5.41 Å². The van der Waals surface area contributed by atoms with Gasteiger partial charge in [-0.15, -0.1) is 0 Å². The molecule has 0 bridgehead atoms. The molecule has 2 atom stereocenters. The van der Waals surface area contributed by atoms with Crippen LogP contribution in [0.3, 0.4) is 0 Å². The molecule has 0 saturated heterocycles. The lowest BCUT2D eigenvalue weighted by molar-refractivity contribution is -0.114. The number of benzene rings is 1. The number of carbonyl (C=O) groups excluding carboxylic acids is 1. The van der Waals surface area contributed by atoms with Crippen molar-refractivity contribution < 1.29 is 9.53 Å². The second kappa shape index (κ2) is 4.85. The maximum Gasteiger partial charge on any atom is 0.223 e. The molecule has 0 radical (unpaired) electrons. The number of carbonyl (C=O) groups is 1. The molecule has 0 spiro atoms. The van der Waals surface area contributed by atoms with Crippen LogP contribution in [0.1, 0.15) is 49.4 Å². The predicted molar refractivity (Wildman–Crippen MR) is 87.8 cm³/mol. The zero-order chi connectivity index (χ0) is 16.2. The molecule has 5 nitrogen and oxygen atoms in total. The Morgan fingerprint density at radius 3 is 3.00 bits per heavy atom. The number of hydrogen-bond acceptors (Lipinski definition) is 3. The molecular weight excluding hydrogens is 290 g/mol. The average molecular weight is 311 g/mol. The van der Waals surface area contributed by atoms with Gasteiger partial charge >= 0.3 is 0 Å². The maximum atomic E-state index is 11.2. The summed E-state index contributed by atoms with van der Waals surface area (Å²) in [6, 6.07) is 6.37. The van der Waals surface area contributed by atoms with Gasteiger partial charge in [0.05, 0.1) is 12.8 Å². The Hall–Kier alpha value is -2.30. The molecule has 120 valence electrons. The number of nitrogens with zero attached hydrogens (tertiary/aromatic N) is 1. The standard InChI is InChI=1S/C18H21N3O2/c1-10(22)20-17-19-9-13(21-17)16-15(18(16,2)3)12-5-4-6-14-11(12)7-8-23-14/h4-6,9,15-16H,7-8H2,1-3H3,(H2,19,20,21,22). The number of H-pyrrole nitrogens is 1. The number of fused-ring (bicyclic) bond motifs is 1. The van der Waals surface area contributed by atoms with Gasteiger partial charge in [-0.2, -0.15) is 0 Å². The van der Waals surface area contributed by atoms with E-state index in [1.807, 2.05) is 6.20 Å². The number of imidazole rings is 1. The molecule has 1 aliphatic heterocycles. The van der Waals surface area contributed by atoms with Crippen LogP contribution >= 0.6 is 0 Å². The molecule has 1 aromatic heterocycles. The molecule has 2 N–H and O–H groups in total. The number of nitrogens with one attached hydrogen (secondary N) is 2. The first kappa shape index (κ1) is 14.3. The van der Waals surface area contributed by atoms with E-state index in [2.05, 4.69) is 47.3 Å². The molecular formula is C18H21N3O2. The third-order valence-corrected chi connectivity index (χ3v) is 5.17. The number of rotatable bonds is 3. The quantitative estimate of drug-likeness (QED) is 0.914. The van der Waals surface area contributed by atoms with Crippen LogP contribution in [-0.2, 0) is 11.2 Å². The van der Waals surface area contributed by atoms with Crippen LogP contribution in [0, 0.1) is 5.41 Å². The van der Waals surface area contributed by atoms with Crippen LogP contribution < -0.4 is 10.1 Å². The zero-order valence-electron chi connectivity index (χ0n) is 13.6. The first-order valence-electron chi connectivity index (χ1n) is 8.05. The molecule has 1 fully saturated rings. The Bertz CT molecular complexity index is 778. The molecule has 1 amide bonds. The Morgan fingerprint density at radius 2 is 2.22 bits per heavy atom. The van der Waals surface area contributed by atoms with Gasteiger partial charge in [0.2, 0.25) is 11.9 Å². The minimum Gasteiger partial charge on any atom is -0.493 e. The first-order chi connectivity index (χ1) is 11.0. The third kappa shape index (κ3) is 2.22. The van der Waals surface area contributed by atoms with Crippen molar-refractivity contribution in [1.29, 1.82) is 0 Å². The van der Waals surface area contributed by atoms with E-state index in [9.17, 15) is 4.79 Å². The van der Waals surface area contributed by atoms with E-state index in [0.29, 0.717) is 17.8 Å². The molecule has 4 rings (SSSR count). The molecule has 5 heteroatoms. The Kier molecular flexibility index (Phi) is 3.01. The zero-order valence-corrected chi connectivity index (χ0v) is 13.6. The number of aromatic nitrogens is 2. The van der Waals surface area contributed by atoms with E-state index in [1.54, 1.807) is 0 Å². The number of hydrogen-bond donors (Lipinski definition) is 2. The van der Waals surface area contributed by atoms with Crippen molar-refractivity contribution in [2.75, 3.05) is 11.9 Å². The summed E-state index contributed by atoms with van der Waals surface area (Å²) in [5.41, 5.74) is 4.00. The van der Waals surface area contributed by atoms with E-state index in [0.717, 1.165) is 24.5 Å². The summed E-state index contributed by atoms with van der Waals surface area (Å²) in [7, 11) is 0. The van der Waals surface area contributed by atoms with Gasteiger partial charge in [-0.25, -0.2) is 4.98 Å². The van der Waals surface area contributed by atoms with Gasteiger partial charge in [-0.1, -0.05) is 26.0 Å². The minimum atomic E-state index is -0.115. The van der Waals surface area contributed by atoms with Crippen molar-refractivity contribution in [1.82, 2.24) is 9.97 Å². The van der Waals surface area contributed by atoms with Gasteiger partial charge in [0.15, 0.2) is 0 Å². The highest BCUT2D eigenvalue weighted by molar-refractivity contribution is 5.86. The smallest absolute Gasteiger partial charge is 0.223 e. The highest BCUT2D eigenvalue weighted by Crippen LogP contribution is 2.70. The number of anilines is 1. The van der Waals surface area contributed by atoms with Gasteiger partial charge in [0, 0.05) is 30.5 Å². The first-order valence-corrected chi connectivity index (χ1v) is 8.05. The summed E-state index contributed by atoms with van der Waals surface area (Å²) in [6.07, 6.45) is 2.84. The number of amides is 1. The second-order valence-corrected chi connectivity index (χ2v) is 7.07. The average Bonchev–Trinajstić information content (AvgIpc) is 2.92. The van der Waals surface area contributed by atoms with Crippen molar-refractivity contribution in [2.45, 2.75) is 39.0 Å². The SMILES string of the molecule is CC(=O)Nc1ncc(C2C(c3cccc4c3CCO4)C2(C)C)[nH]1. The van der Waals surface area contributed by atoms with Gasteiger partial charge in [0.25, 0.3) is 0 Å². The second-order valence-electron chi connectivity index (χ2n) is 7.07. The molecule has 1 aliphatic carbocycles. The minimum absolute atomic E-state index is 0.115. The molecule has 1 aromatic carbocycles. The van der Waals surface area contributed by atoms with Gasteiger partial charge < -0.3 is 9.72 Å². The van der Waals surface area contributed by atoms with Gasteiger partial charge in [0.1, 0.15) is 5.75 Å². The summed E-state index contributed by atoms with van der Waals surface area (Å²) in [5.74, 6) is 2.27. The summed E-state index contributed by atoms with van der Waals surface area (Å²) < 4.78 is 5.71. The molecule has 1 saturated carbocycles. The van der Waals surface area contributed by atoms with Crippen LogP contribution in [0.5, 0.6) is 5.75 Å². The van der Waals surface area contributed by atoms with Gasteiger partial charge in [-0.05, 0) is 23.0 Å². The summed E-state index contributed by atoms with van der Waals surface area (Å²) in [5, 5.41) is 2.71. The van der Waals surface area contributed by atoms with Crippen molar-refractivity contribution in [3.63, 3.8) is 0 Å². The lowest BCUT2D eigenvalue weighted by Gasteiger charge is -2.08. The molecule has 23 heavy (non-hydrogen) atoms. The topological polar surface area (TPSA) is 67.0 Å². The normalized spacial score (nSPS) is 24.0. The van der Waals surface area contributed by atoms with Crippen LogP contribution in [0.2, 0.25) is 0 Å². The van der Waals surface area contributed by atoms with Crippen LogP contribution in [-0.4, -0.2) is 22.5 Å². The van der Waals surface area contributed by atoms with E-state index in [4.69, 9.17) is 4.74 Å². The van der Waals surface area contributed by atoms with E-state index < -0.39 is 0 Å². The van der Waals surface area contributed by atoms with E-state index >= 15 is 0 Å². The van der Waals surface area contributed by atoms with Crippen LogP contribution in [0.4, 0.5) is 5.95 Å². The molecule has 2 heterocycles. The number of aromatic amines is 1. The fourth-order valence-electron chi connectivity index (χ4n) is 4.06. The summed E-state index contributed by atoms with van der Waals surface area (Å²) in [6.45, 7) is 6.84. The summed E-state index contributed by atoms with van der Waals surface area (Å²) in [4.78, 5) is 18.7. The van der Waals surface area contributed by atoms with Crippen molar-refractivity contribution >= 4 is 11.9 Å². The largest absolute Gasteiger partial charge is 0.493 e. The highest BCUT2D eigenvalue weighted by atomic mass is 16.5.